The average molecular weight is 669 g/mol. The number of aliphatic imine (C=N–C) groups is 1. The number of alkyl halides is 3. The number of nitrogens with zero attached hydrogens (tertiary/aromatic N) is 6. The van der Waals surface area contributed by atoms with Crippen molar-refractivity contribution in [3.05, 3.63) is 47.1 Å². The molecule has 3 aliphatic heterocycles. The third-order valence-electron chi connectivity index (χ3n) is 8.49. The minimum Gasteiger partial charge on any atom is -0.406 e. The van der Waals surface area contributed by atoms with Crippen LogP contribution >= 0.6 is 11.6 Å². The van der Waals surface area contributed by atoms with Gasteiger partial charge in [0.05, 0.1) is 22.9 Å². The van der Waals surface area contributed by atoms with E-state index in [9.17, 15) is 21.6 Å². The Kier molecular flexibility index (Phi) is 9.14. The number of aromatic nitrogens is 1. The molecule has 1 aromatic carbocycles. The minimum atomic E-state index is -4.69. The molecule has 0 amide bonds. The molecule has 0 bridgehead atoms. The summed E-state index contributed by atoms with van der Waals surface area (Å²) in [6.07, 6.45) is 1.81. The second-order valence-electron chi connectivity index (χ2n) is 11.8. The number of hydrogen-bond donors (Lipinski definition) is 2. The van der Waals surface area contributed by atoms with Crippen LogP contribution in [0.15, 0.2) is 45.9 Å². The number of amidine groups is 2. The summed E-state index contributed by atoms with van der Waals surface area (Å²) in [6.45, 7) is 7.15. The molecule has 4 aliphatic rings. The first-order valence-electron chi connectivity index (χ1n) is 15.2. The topological polar surface area (TPSA) is 115 Å². The first-order valence-corrected chi connectivity index (χ1v) is 17.0. The smallest absolute Gasteiger partial charge is 0.406 e. The van der Waals surface area contributed by atoms with Gasteiger partial charge in [-0.25, -0.2) is 9.71 Å². The van der Waals surface area contributed by atoms with Gasteiger partial charge in [0.25, 0.3) is 0 Å². The highest BCUT2D eigenvalue weighted by atomic mass is 35.5. The van der Waals surface area contributed by atoms with E-state index in [0.717, 1.165) is 70.4 Å². The number of benzene rings is 1. The van der Waals surface area contributed by atoms with Gasteiger partial charge in [0.2, 0.25) is 0 Å². The first kappa shape index (κ1) is 31.8. The molecular formula is C29H36ClF3N8O3S. The summed E-state index contributed by atoms with van der Waals surface area (Å²) >= 11 is 6.71. The van der Waals surface area contributed by atoms with Gasteiger partial charge in [-0.15, -0.1) is 17.6 Å². The Morgan fingerprint density at radius 3 is 2.49 bits per heavy atom. The summed E-state index contributed by atoms with van der Waals surface area (Å²) in [5.74, 6) is 0.819. The van der Waals surface area contributed by atoms with Gasteiger partial charge in [0.1, 0.15) is 11.6 Å². The minimum absolute atomic E-state index is 0.116. The lowest BCUT2D eigenvalue weighted by Crippen LogP contribution is -2.58. The van der Waals surface area contributed by atoms with Crippen molar-refractivity contribution in [3.63, 3.8) is 0 Å². The number of likely N-dealkylation sites (tertiary alicyclic amines) is 1. The summed E-state index contributed by atoms with van der Waals surface area (Å²) in [5.41, 5.74) is 1.48. The van der Waals surface area contributed by atoms with Crippen LogP contribution in [-0.4, -0.2) is 92.1 Å². The summed E-state index contributed by atoms with van der Waals surface area (Å²) in [6, 6.07) is 8.73. The molecule has 11 nitrogen and oxygen atoms in total. The fraction of sp³-hybridized carbons (Fsp3) is 0.552. The van der Waals surface area contributed by atoms with Crippen molar-refractivity contribution >= 4 is 45.0 Å². The van der Waals surface area contributed by atoms with E-state index in [1.807, 2.05) is 0 Å². The molecule has 1 aliphatic carbocycles. The maximum atomic E-state index is 12.4. The predicted octanol–water partition coefficient (Wildman–Crippen LogP) is 4.42. The van der Waals surface area contributed by atoms with Crippen molar-refractivity contribution in [2.75, 3.05) is 42.9 Å². The van der Waals surface area contributed by atoms with Gasteiger partial charge in [-0.2, -0.15) is 8.42 Å². The lowest BCUT2D eigenvalue weighted by atomic mass is 9.98. The normalized spacial score (nSPS) is 24.0. The predicted molar refractivity (Wildman–Crippen MR) is 167 cm³/mol. The summed E-state index contributed by atoms with van der Waals surface area (Å²) in [5, 5.41) is 3.47. The highest BCUT2D eigenvalue weighted by molar-refractivity contribution is 7.89. The summed E-state index contributed by atoms with van der Waals surface area (Å²) < 4.78 is 71.4. The molecule has 0 radical (unpaired) electrons. The van der Waals surface area contributed by atoms with Crippen LogP contribution in [-0.2, 0) is 16.8 Å². The molecule has 1 saturated carbocycles. The zero-order chi connectivity index (χ0) is 31.8. The second kappa shape index (κ2) is 12.9. The van der Waals surface area contributed by atoms with Crippen molar-refractivity contribution in [3.8, 4) is 5.75 Å². The number of halogens is 4. The van der Waals surface area contributed by atoms with Gasteiger partial charge >= 0.3 is 16.6 Å². The fourth-order valence-corrected chi connectivity index (χ4v) is 7.25. The van der Waals surface area contributed by atoms with Crippen LogP contribution in [0.2, 0.25) is 5.02 Å². The average Bonchev–Trinajstić information content (AvgIpc) is 3.76. The number of pyridine rings is 1. The van der Waals surface area contributed by atoms with Crippen LogP contribution in [0.5, 0.6) is 5.75 Å². The lowest BCUT2D eigenvalue weighted by molar-refractivity contribution is -0.274. The van der Waals surface area contributed by atoms with Crippen molar-refractivity contribution in [1.82, 2.24) is 19.5 Å². The molecule has 0 unspecified atom stereocenters. The molecule has 244 valence electrons. The molecule has 1 aromatic heterocycles. The number of piperazine rings is 1. The Labute approximate surface area is 265 Å². The Hall–Kier alpha value is -3.14. The van der Waals surface area contributed by atoms with E-state index < -0.39 is 16.6 Å². The standard InChI is InChI=1S/C29H36ClF3N8O3S/c1-2-22-18-40(28-25(30)15-21(16-34-28)36-27-26(35-20-5-6-20)37-45(42,43)38-27)13-14-41(22)23-9-11-39(12-10-23)17-19-3-7-24(8-4-19)44-29(31,32)33/h3-4,7-8,15-16,20,22-23H,2,5-6,9-14,17-18H2,1H3,(H,35,37)(H,36,38)/t22-/m0/s1. The molecule has 2 saturated heterocycles. The zero-order valence-electron chi connectivity index (χ0n) is 24.8. The maximum absolute atomic E-state index is 12.4. The molecular weight excluding hydrogens is 633 g/mol. The molecule has 16 heteroatoms. The van der Waals surface area contributed by atoms with E-state index >= 15 is 0 Å². The van der Waals surface area contributed by atoms with Crippen LogP contribution in [0.25, 0.3) is 0 Å². The molecule has 0 spiro atoms. The molecule has 2 N–H and O–H groups in total. The summed E-state index contributed by atoms with van der Waals surface area (Å²) in [4.78, 5) is 16.2. The first-order chi connectivity index (χ1) is 21.4. The van der Waals surface area contributed by atoms with Crippen molar-refractivity contribution < 1.29 is 26.3 Å². The van der Waals surface area contributed by atoms with Crippen LogP contribution in [0.3, 0.4) is 0 Å². The highest BCUT2D eigenvalue weighted by Gasteiger charge is 2.35. The van der Waals surface area contributed by atoms with Gasteiger partial charge < -0.3 is 15.0 Å². The van der Waals surface area contributed by atoms with E-state index in [4.69, 9.17) is 11.6 Å². The SMILES string of the molecule is CC[C@H]1CN(c2ncc(NC3=NS(=O)(=O)NC3=NC3CC3)cc2Cl)CCN1C1CCN(Cc2ccc(OC(F)(F)F)cc2)CC1. The van der Waals surface area contributed by atoms with Crippen LogP contribution in [0.4, 0.5) is 24.7 Å². The molecule has 3 fully saturated rings. The van der Waals surface area contributed by atoms with E-state index in [0.29, 0.717) is 35.2 Å². The number of rotatable bonds is 8. The molecule has 1 atom stereocenters. The van der Waals surface area contributed by atoms with E-state index in [1.54, 1.807) is 24.4 Å². The summed E-state index contributed by atoms with van der Waals surface area (Å²) in [7, 11) is -3.83. The number of anilines is 2. The quantitative estimate of drug-likeness (QED) is 0.425. The largest absolute Gasteiger partial charge is 0.573 e. The van der Waals surface area contributed by atoms with Crippen LogP contribution in [0.1, 0.15) is 44.6 Å². The number of ether oxygens (including phenoxy) is 1. The van der Waals surface area contributed by atoms with Gasteiger partial charge in [-0.3, -0.25) is 14.8 Å². The third-order valence-corrected chi connectivity index (χ3v) is 9.65. The molecule has 45 heavy (non-hydrogen) atoms. The Morgan fingerprint density at radius 1 is 1.11 bits per heavy atom. The lowest BCUT2D eigenvalue weighted by Gasteiger charge is -2.47. The highest BCUT2D eigenvalue weighted by Crippen LogP contribution is 2.31. The van der Waals surface area contributed by atoms with Crippen molar-refractivity contribution in [2.45, 2.75) is 70.1 Å². The van der Waals surface area contributed by atoms with E-state index in [1.165, 1.54) is 12.1 Å². The number of hydrogen-bond acceptors (Lipinski definition) is 9. The van der Waals surface area contributed by atoms with Crippen LogP contribution in [0, 0.1) is 0 Å². The Balaban J connectivity index is 1.02. The van der Waals surface area contributed by atoms with Crippen molar-refractivity contribution in [1.29, 1.82) is 0 Å². The van der Waals surface area contributed by atoms with Gasteiger partial charge in [-0.1, -0.05) is 30.7 Å². The van der Waals surface area contributed by atoms with Gasteiger partial charge in [0.15, 0.2) is 11.7 Å². The monoisotopic (exact) mass is 668 g/mol. The molecule has 4 heterocycles. The Bertz CT molecular complexity index is 1540. The second-order valence-corrected chi connectivity index (χ2v) is 13.6. The molecule has 6 rings (SSSR count). The fourth-order valence-electron chi connectivity index (χ4n) is 6.15. The van der Waals surface area contributed by atoms with Gasteiger partial charge in [-0.05, 0) is 69.0 Å². The van der Waals surface area contributed by atoms with Gasteiger partial charge in [0, 0.05) is 38.3 Å². The van der Waals surface area contributed by atoms with E-state index in [2.05, 4.69) is 50.8 Å². The molecule has 2 aromatic rings. The maximum Gasteiger partial charge on any atom is 0.573 e. The third kappa shape index (κ3) is 8.18. The van der Waals surface area contributed by atoms with E-state index in [-0.39, 0.29) is 23.5 Å². The Morgan fingerprint density at radius 2 is 1.84 bits per heavy atom. The number of nitrogens with one attached hydrogen (secondary N) is 2. The van der Waals surface area contributed by atoms with Crippen molar-refractivity contribution in [2.24, 2.45) is 9.39 Å². The van der Waals surface area contributed by atoms with Crippen LogP contribution < -0.4 is 19.7 Å². The zero-order valence-corrected chi connectivity index (χ0v) is 26.4. The number of piperidine rings is 1.